The maximum atomic E-state index is 12.0. The van der Waals surface area contributed by atoms with Crippen LogP contribution in [0.3, 0.4) is 0 Å². The van der Waals surface area contributed by atoms with Crippen molar-refractivity contribution in [1.82, 2.24) is 5.01 Å². The van der Waals surface area contributed by atoms with Gasteiger partial charge in [-0.05, 0) is 37.3 Å². The predicted octanol–water partition coefficient (Wildman–Crippen LogP) is 4.63. The summed E-state index contributed by atoms with van der Waals surface area (Å²) in [6.45, 7) is 3.92. The van der Waals surface area contributed by atoms with E-state index in [2.05, 4.69) is 5.10 Å². The Bertz CT molecular complexity index is 822. The van der Waals surface area contributed by atoms with E-state index < -0.39 is 6.23 Å². The second kappa shape index (κ2) is 7.33. The van der Waals surface area contributed by atoms with Crippen LogP contribution in [0.2, 0.25) is 10.0 Å². The number of halogens is 2. The number of carbonyl (C=O) groups excluding carboxylic acids is 1. The first-order valence-corrected chi connectivity index (χ1v) is 8.49. The summed E-state index contributed by atoms with van der Waals surface area (Å²) in [5, 5.41) is 6.28. The molecule has 1 heterocycles. The van der Waals surface area contributed by atoms with Crippen molar-refractivity contribution < 1.29 is 14.3 Å². The molecule has 1 aliphatic heterocycles. The Morgan fingerprint density at radius 1 is 1.24 bits per heavy atom. The lowest BCUT2D eigenvalue weighted by molar-refractivity contribution is -0.135. The molecule has 0 unspecified atom stereocenters. The van der Waals surface area contributed by atoms with Gasteiger partial charge in [-0.15, -0.1) is 5.10 Å². The summed E-state index contributed by atoms with van der Waals surface area (Å²) in [6.07, 6.45) is -0.759. The molecule has 5 nitrogen and oxygen atoms in total. The molecule has 2 aromatic carbocycles. The lowest BCUT2D eigenvalue weighted by Crippen LogP contribution is -2.25. The van der Waals surface area contributed by atoms with Crippen LogP contribution in [-0.4, -0.2) is 23.4 Å². The number of hydrazone groups is 1. The number of nitrogens with zero attached hydrogens (tertiary/aromatic N) is 2. The standard InChI is InChI=1S/C18H16Cl2N2O3/c1-3-24-13-9-7-12(8-10-13)17-21-22(11(2)23)18(25-17)14-5-4-6-15(19)16(14)20/h4-10,18H,3H2,1-2H3/t18-/m0/s1. The number of hydrogen-bond acceptors (Lipinski definition) is 4. The SMILES string of the molecule is CCOc1ccc(C2=NN(C(C)=O)[C@H](c3cccc(Cl)c3Cl)O2)cc1. The Hall–Kier alpha value is -2.24. The lowest BCUT2D eigenvalue weighted by atomic mass is 10.2. The van der Waals surface area contributed by atoms with Gasteiger partial charge in [0, 0.05) is 18.1 Å². The number of ether oxygens (including phenoxy) is 2. The van der Waals surface area contributed by atoms with Gasteiger partial charge >= 0.3 is 0 Å². The smallest absolute Gasteiger partial charge is 0.243 e. The van der Waals surface area contributed by atoms with E-state index in [9.17, 15) is 4.79 Å². The summed E-state index contributed by atoms with van der Waals surface area (Å²) in [4.78, 5) is 12.0. The van der Waals surface area contributed by atoms with Crippen molar-refractivity contribution in [3.8, 4) is 5.75 Å². The van der Waals surface area contributed by atoms with Crippen molar-refractivity contribution in [2.24, 2.45) is 5.10 Å². The van der Waals surface area contributed by atoms with Crippen LogP contribution in [0.5, 0.6) is 5.75 Å². The molecule has 0 radical (unpaired) electrons. The van der Waals surface area contributed by atoms with Crippen molar-refractivity contribution in [2.45, 2.75) is 20.1 Å². The van der Waals surface area contributed by atoms with Crippen molar-refractivity contribution >= 4 is 35.0 Å². The minimum Gasteiger partial charge on any atom is -0.494 e. The molecular weight excluding hydrogens is 363 g/mol. The summed E-state index contributed by atoms with van der Waals surface area (Å²) in [6, 6.07) is 12.5. The van der Waals surface area contributed by atoms with Gasteiger partial charge < -0.3 is 9.47 Å². The third-order valence-electron chi connectivity index (χ3n) is 3.63. The van der Waals surface area contributed by atoms with Gasteiger partial charge in [0.05, 0.1) is 16.7 Å². The molecule has 7 heteroatoms. The van der Waals surface area contributed by atoms with Crippen LogP contribution < -0.4 is 4.74 Å². The van der Waals surface area contributed by atoms with Gasteiger partial charge in [-0.3, -0.25) is 4.79 Å². The van der Waals surface area contributed by atoms with Gasteiger partial charge in [0.25, 0.3) is 0 Å². The third kappa shape index (κ3) is 3.57. The molecule has 3 rings (SSSR count). The quantitative estimate of drug-likeness (QED) is 0.778. The molecule has 1 amide bonds. The van der Waals surface area contributed by atoms with Crippen LogP contribution >= 0.6 is 23.2 Å². The maximum absolute atomic E-state index is 12.0. The van der Waals surface area contributed by atoms with E-state index in [-0.39, 0.29) is 5.91 Å². The van der Waals surface area contributed by atoms with E-state index in [1.165, 1.54) is 11.9 Å². The second-order valence-corrected chi connectivity index (χ2v) is 6.12. The molecule has 0 aliphatic carbocycles. The van der Waals surface area contributed by atoms with Crippen molar-refractivity contribution in [2.75, 3.05) is 6.61 Å². The van der Waals surface area contributed by atoms with Crippen LogP contribution in [0.15, 0.2) is 47.6 Å². The molecule has 2 aromatic rings. The summed E-state index contributed by atoms with van der Waals surface area (Å²) in [5.41, 5.74) is 1.31. The van der Waals surface area contributed by atoms with Gasteiger partial charge in [0.15, 0.2) is 0 Å². The zero-order chi connectivity index (χ0) is 18.0. The maximum Gasteiger partial charge on any atom is 0.243 e. The Morgan fingerprint density at radius 3 is 2.60 bits per heavy atom. The zero-order valence-electron chi connectivity index (χ0n) is 13.7. The Kier molecular flexibility index (Phi) is 5.16. The average Bonchev–Trinajstić information content (AvgIpc) is 3.04. The van der Waals surface area contributed by atoms with Crippen molar-refractivity contribution in [1.29, 1.82) is 0 Å². The van der Waals surface area contributed by atoms with Gasteiger partial charge in [0.2, 0.25) is 18.0 Å². The van der Waals surface area contributed by atoms with E-state index in [4.69, 9.17) is 32.7 Å². The molecule has 1 aliphatic rings. The molecular formula is C18H16Cl2N2O3. The molecule has 0 N–H and O–H groups in total. The first-order chi connectivity index (χ1) is 12.0. The first-order valence-electron chi connectivity index (χ1n) is 7.73. The fourth-order valence-electron chi connectivity index (χ4n) is 2.46. The van der Waals surface area contributed by atoms with E-state index >= 15 is 0 Å². The molecule has 0 spiro atoms. The van der Waals surface area contributed by atoms with Crippen LogP contribution in [0.1, 0.15) is 31.2 Å². The number of benzene rings is 2. The highest BCUT2D eigenvalue weighted by molar-refractivity contribution is 6.42. The molecule has 25 heavy (non-hydrogen) atoms. The molecule has 0 saturated heterocycles. The van der Waals surface area contributed by atoms with Crippen LogP contribution in [0, 0.1) is 0 Å². The van der Waals surface area contributed by atoms with E-state index in [1.807, 2.05) is 31.2 Å². The van der Waals surface area contributed by atoms with E-state index in [0.717, 1.165) is 11.3 Å². The number of hydrogen-bond donors (Lipinski definition) is 0. The van der Waals surface area contributed by atoms with E-state index in [0.29, 0.717) is 28.1 Å². The molecule has 1 atom stereocenters. The molecule has 0 aromatic heterocycles. The summed E-state index contributed by atoms with van der Waals surface area (Å²) >= 11 is 12.4. The van der Waals surface area contributed by atoms with Gasteiger partial charge in [0.1, 0.15) is 5.75 Å². The summed E-state index contributed by atoms with van der Waals surface area (Å²) in [7, 11) is 0. The van der Waals surface area contributed by atoms with Gasteiger partial charge in [-0.25, -0.2) is 0 Å². The van der Waals surface area contributed by atoms with Crippen LogP contribution in [0.4, 0.5) is 0 Å². The number of rotatable bonds is 4. The molecule has 130 valence electrons. The number of carbonyl (C=O) groups is 1. The summed E-state index contributed by atoms with van der Waals surface area (Å²) in [5.74, 6) is 0.823. The second-order valence-electron chi connectivity index (χ2n) is 5.34. The highest BCUT2D eigenvalue weighted by Crippen LogP contribution is 2.37. The largest absolute Gasteiger partial charge is 0.494 e. The average molecular weight is 379 g/mol. The van der Waals surface area contributed by atoms with Crippen molar-refractivity contribution in [3.63, 3.8) is 0 Å². The fraction of sp³-hybridized carbons (Fsp3) is 0.222. The van der Waals surface area contributed by atoms with Crippen molar-refractivity contribution in [3.05, 3.63) is 63.6 Å². The zero-order valence-corrected chi connectivity index (χ0v) is 15.2. The van der Waals surface area contributed by atoms with Crippen LogP contribution in [0.25, 0.3) is 0 Å². The lowest BCUT2D eigenvalue weighted by Gasteiger charge is -2.20. The van der Waals surface area contributed by atoms with Gasteiger partial charge in [-0.1, -0.05) is 35.3 Å². The molecule has 0 fully saturated rings. The Morgan fingerprint density at radius 2 is 1.96 bits per heavy atom. The Labute approximate surface area is 155 Å². The molecule has 0 saturated carbocycles. The van der Waals surface area contributed by atoms with Crippen LogP contribution in [-0.2, 0) is 9.53 Å². The summed E-state index contributed by atoms with van der Waals surface area (Å²) < 4.78 is 11.3. The van der Waals surface area contributed by atoms with E-state index in [1.54, 1.807) is 18.2 Å². The fourth-order valence-corrected chi connectivity index (χ4v) is 2.86. The normalized spacial score (nSPS) is 16.4. The monoisotopic (exact) mass is 378 g/mol. The van der Waals surface area contributed by atoms with Gasteiger partial charge in [-0.2, -0.15) is 5.01 Å². The minimum atomic E-state index is -0.759. The Balaban J connectivity index is 1.92. The predicted molar refractivity (Wildman–Crippen MR) is 97.0 cm³/mol. The minimum absolute atomic E-state index is 0.262. The topological polar surface area (TPSA) is 51.1 Å². The first kappa shape index (κ1) is 17.6. The number of amides is 1. The molecule has 0 bridgehead atoms. The highest BCUT2D eigenvalue weighted by atomic mass is 35.5. The highest BCUT2D eigenvalue weighted by Gasteiger charge is 2.34. The third-order valence-corrected chi connectivity index (χ3v) is 4.46.